The molecule has 45 atom stereocenters. The third-order valence-corrected chi connectivity index (χ3v) is 19.5. The van der Waals surface area contributed by atoms with Crippen LogP contribution in [-0.4, -0.2) is 485 Å². The zero-order chi connectivity index (χ0) is 77.9. The molecule has 9 heterocycles. The van der Waals surface area contributed by atoms with Crippen molar-refractivity contribution in [1.29, 1.82) is 0 Å². The van der Waals surface area contributed by atoms with Crippen LogP contribution in [0.3, 0.4) is 0 Å². The van der Waals surface area contributed by atoms with E-state index in [2.05, 4.69) is 10.6 Å². The van der Waals surface area contributed by atoms with Crippen molar-refractivity contribution < 1.29 is 228 Å². The van der Waals surface area contributed by atoms with Crippen molar-refractivity contribution in [2.75, 3.05) is 59.5 Å². The van der Waals surface area contributed by atoms with Gasteiger partial charge in [0, 0.05) is 13.8 Å². The van der Waals surface area contributed by atoms with Crippen molar-refractivity contribution in [2.45, 2.75) is 290 Å². The van der Waals surface area contributed by atoms with Crippen molar-refractivity contribution >= 4 is 11.8 Å². The second kappa shape index (κ2) is 37.9. The summed E-state index contributed by atoms with van der Waals surface area (Å²) in [4.78, 5) is 25.1. The Balaban J connectivity index is 1.10. The predicted molar refractivity (Wildman–Crippen MR) is 320 cm³/mol. The summed E-state index contributed by atoms with van der Waals surface area (Å²) in [7, 11) is 0. The number of hydrogen-bond acceptors (Lipinski definition) is 46. The van der Waals surface area contributed by atoms with E-state index >= 15 is 0 Å². The summed E-state index contributed by atoms with van der Waals surface area (Å²) in [5.74, 6) is -1.74. The summed E-state index contributed by atoms with van der Waals surface area (Å²) in [6.07, 6.45) is -91.7. The Hall–Kier alpha value is -2.82. The fourth-order valence-electron chi connectivity index (χ4n) is 13.5. The maximum absolute atomic E-state index is 13.0. The first-order valence-corrected chi connectivity index (χ1v) is 33.7. The molecule has 0 saturated carbocycles. The zero-order valence-electron chi connectivity index (χ0n) is 56.2. The molecule has 0 bridgehead atoms. The van der Waals surface area contributed by atoms with E-state index in [4.69, 9.17) is 80.5 Å². The molecule has 616 valence electrons. The fraction of sp³-hybridized carbons (Fsp3) is 0.966. The van der Waals surface area contributed by atoms with E-state index in [1.807, 2.05) is 0 Å². The average Bonchev–Trinajstić information content (AvgIpc) is 0.916. The first-order chi connectivity index (χ1) is 50.2. The lowest BCUT2D eigenvalue weighted by molar-refractivity contribution is -0.401. The fourth-order valence-corrected chi connectivity index (χ4v) is 13.5. The molecule has 45 unspecified atom stereocenters. The molecule has 0 aliphatic carbocycles. The number of amides is 2. The molecule has 2 amide bonds. The summed E-state index contributed by atoms with van der Waals surface area (Å²) < 4.78 is 100. The minimum atomic E-state index is -2.58. The number of rotatable bonds is 28. The van der Waals surface area contributed by atoms with E-state index in [9.17, 15) is 147 Å². The highest BCUT2D eigenvalue weighted by Crippen LogP contribution is 2.40. The molecule has 0 aromatic carbocycles. The van der Waals surface area contributed by atoms with Gasteiger partial charge in [0.05, 0.1) is 59.5 Å². The Morgan fingerprint density at radius 3 is 1.13 bits per heavy atom. The minimum Gasteiger partial charge on any atom is -0.394 e. The molecular formula is C58H98N2O46. The molecule has 9 saturated heterocycles. The van der Waals surface area contributed by atoms with Crippen LogP contribution in [0.1, 0.15) is 13.8 Å². The lowest BCUT2D eigenvalue weighted by atomic mass is 9.94. The Labute approximate surface area is 598 Å². The number of nitrogens with one attached hydrogen (secondary N) is 2. The van der Waals surface area contributed by atoms with Gasteiger partial charge in [-0.1, -0.05) is 0 Å². The second-order valence-electron chi connectivity index (χ2n) is 26.7. The summed E-state index contributed by atoms with van der Waals surface area (Å²) in [5, 5.41) is 301. The van der Waals surface area contributed by atoms with Gasteiger partial charge in [0.2, 0.25) is 11.8 Å². The molecule has 0 radical (unpaired) electrons. The summed E-state index contributed by atoms with van der Waals surface area (Å²) in [6.45, 7) is -7.99. The third kappa shape index (κ3) is 18.7. The van der Waals surface area contributed by atoms with Gasteiger partial charge < -0.3 is 229 Å². The Kier molecular flexibility index (Phi) is 31.1. The third-order valence-electron chi connectivity index (χ3n) is 19.5. The van der Waals surface area contributed by atoms with Gasteiger partial charge in [-0.2, -0.15) is 0 Å². The SMILES string of the molecule is CC(=O)NC1C(O)OC(CO)C(OC2OC(CO)C(OC3OC(COC4OC(COC5OC(CO)C(O)C(O)C5O)C(O)C(OC5OC(CO)C(O)C(O)C5O)C4OC4OC(C(O)CO)C(O)C4O)C(O)C(OC4OC(CO)C(O)C(O)C4OC4OC(CO)C(O)C(O)C4O)C3O)C(O)C2NC(C)=O)C1O. The van der Waals surface area contributed by atoms with Crippen molar-refractivity contribution in [2.24, 2.45) is 0 Å². The molecule has 29 N–H and O–H groups in total. The van der Waals surface area contributed by atoms with Crippen LogP contribution in [0, 0.1) is 0 Å². The maximum atomic E-state index is 13.0. The number of aliphatic hydroxyl groups is 27. The summed E-state index contributed by atoms with van der Waals surface area (Å²) >= 11 is 0. The number of carbonyl (C=O) groups is 2. The van der Waals surface area contributed by atoms with E-state index < -0.39 is 348 Å². The van der Waals surface area contributed by atoms with Gasteiger partial charge in [-0.25, -0.2) is 0 Å². The summed E-state index contributed by atoms with van der Waals surface area (Å²) in [5.41, 5.74) is 0. The Morgan fingerprint density at radius 1 is 0.292 bits per heavy atom. The topological polar surface area (TPSA) is 761 Å². The van der Waals surface area contributed by atoms with Crippen molar-refractivity contribution in [1.82, 2.24) is 10.6 Å². The summed E-state index contributed by atoms with van der Waals surface area (Å²) in [6, 6.07) is -3.59. The largest absolute Gasteiger partial charge is 0.394 e. The van der Waals surface area contributed by atoms with Crippen LogP contribution < -0.4 is 10.6 Å². The van der Waals surface area contributed by atoms with E-state index in [-0.39, 0.29) is 0 Å². The van der Waals surface area contributed by atoms with Crippen LogP contribution in [0.15, 0.2) is 0 Å². The van der Waals surface area contributed by atoms with Crippen LogP contribution in [-0.2, 0) is 90.1 Å². The van der Waals surface area contributed by atoms with Gasteiger partial charge in [-0.05, 0) is 0 Å². The van der Waals surface area contributed by atoms with Gasteiger partial charge >= 0.3 is 0 Å². The highest BCUT2D eigenvalue weighted by atomic mass is 16.8. The molecule has 9 aliphatic heterocycles. The van der Waals surface area contributed by atoms with Crippen molar-refractivity contribution in [3.63, 3.8) is 0 Å². The first-order valence-electron chi connectivity index (χ1n) is 33.7. The standard InChI is InChI=1S/C58H98N2O46/c1-12(68)59-23-31(77)44(19(8-66)92-50(23)89)101-51-24(60-13(2)69)32(78)45(20(9-67)97-51)102-56-42(88)46(103-58-48(36(82)28(74)18(7-65)96-58)105-54-40(86)35(81)27(73)17(6-64)95-54)29(75)21(98-56)11-91-57-49(106-55-41(87)37(83)43(100-55)14(70)3-61)47(104-53-39(85)34(80)26(72)16(5-63)94-53)30(76)22(99-57)10-90-52-38(84)33(79)25(71)15(4-62)93-52/h14-58,61-67,70-89H,3-11H2,1-2H3,(H,59,68)(H,60,69). The minimum absolute atomic E-state index is 0.791. The van der Waals surface area contributed by atoms with E-state index in [0.717, 1.165) is 13.8 Å². The van der Waals surface area contributed by atoms with Crippen molar-refractivity contribution in [3.8, 4) is 0 Å². The first kappa shape index (κ1) is 87.2. The van der Waals surface area contributed by atoms with Crippen molar-refractivity contribution in [3.05, 3.63) is 0 Å². The smallest absolute Gasteiger partial charge is 0.217 e. The zero-order valence-corrected chi connectivity index (χ0v) is 56.2. The van der Waals surface area contributed by atoms with E-state index in [1.54, 1.807) is 0 Å². The number of aliphatic hydroxyl groups excluding tert-OH is 27. The van der Waals surface area contributed by atoms with Gasteiger partial charge in [-0.15, -0.1) is 0 Å². The van der Waals surface area contributed by atoms with E-state index in [1.165, 1.54) is 0 Å². The van der Waals surface area contributed by atoms with Gasteiger partial charge in [-0.3, -0.25) is 9.59 Å². The normalized spacial score (nSPS) is 50.7. The van der Waals surface area contributed by atoms with Crippen LogP contribution >= 0.6 is 0 Å². The molecule has 0 spiro atoms. The lowest BCUT2D eigenvalue weighted by Gasteiger charge is -2.51. The molecule has 48 heteroatoms. The van der Waals surface area contributed by atoms with Crippen LogP contribution in [0.5, 0.6) is 0 Å². The Morgan fingerprint density at radius 2 is 0.632 bits per heavy atom. The Bertz CT molecular complexity index is 2710. The maximum Gasteiger partial charge on any atom is 0.217 e. The molecule has 9 aliphatic rings. The molecule has 106 heavy (non-hydrogen) atoms. The molecule has 9 fully saturated rings. The van der Waals surface area contributed by atoms with Crippen LogP contribution in [0.2, 0.25) is 0 Å². The van der Waals surface area contributed by atoms with Gasteiger partial charge in [0.1, 0.15) is 220 Å². The molecule has 48 nitrogen and oxygen atoms in total. The second-order valence-corrected chi connectivity index (χ2v) is 26.7. The van der Waals surface area contributed by atoms with Crippen LogP contribution in [0.4, 0.5) is 0 Å². The quantitative estimate of drug-likeness (QED) is 0.0346. The highest BCUT2D eigenvalue weighted by molar-refractivity contribution is 5.73. The predicted octanol–water partition coefficient (Wildman–Crippen LogP) is -20.3. The lowest BCUT2D eigenvalue weighted by Crippen LogP contribution is -2.70. The molecular weight excluding hydrogens is 1460 g/mol. The number of hydrogen-bond donors (Lipinski definition) is 29. The number of carbonyl (C=O) groups excluding carboxylic acids is 2. The highest BCUT2D eigenvalue weighted by Gasteiger charge is 2.61. The van der Waals surface area contributed by atoms with Gasteiger partial charge in [0.15, 0.2) is 56.6 Å². The number of ether oxygens (including phenoxy) is 17. The van der Waals surface area contributed by atoms with Crippen LogP contribution in [0.25, 0.3) is 0 Å². The average molecular weight is 1560 g/mol. The van der Waals surface area contributed by atoms with E-state index in [0.29, 0.717) is 0 Å². The van der Waals surface area contributed by atoms with Gasteiger partial charge in [0.25, 0.3) is 0 Å². The molecule has 9 rings (SSSR count). The monoisotopic (exact) mass is 1560 g/mol. The molecule has 0 aromatic heterocycles. The molecule has 0 aromatic rings.